The second-order valence-electron chi connectivity index (χ2n) is 5.68. The number of hydrogen-bond acceptors (Lipinski definition) is 2. The van der Waals surface area contributed by atoms with E-state index in [4.69, 9.17) is 4.74 Å². The average molecular weight is 229 g/mol. The largest absolute Gasteiger partial charge is 0.385 e. The SMILES string of the molecule is CCCC(C)(CCCOC)CNCC(C)C. The number of rotatable bonds is 10. The average Bonchev–Trinajstić information content (AvgIpc) is 2.18. The molecular formula is C14H31NO. The Hall–Kier alpha value is -0.0800. The van der Waals surface area contributed by atoms with Crippen LogP contribution in [0.4, 0.5) is 0 Å². The van der Waals surface area contributed by atoms with E-state index >= 15 is 0 Å². The monoisotopic (exact) mass is 229 g/mol. The van der Waals surface area contributed by atoms with Crippen molar-refractivity contribution in [3.8, 4) is 0 Å². The Morgan fingerprint density at radius 3 is 2.44 bits per heavy atom. The van der Waals surface area contributed by atoms with Gasteiger partial charge >= 0.3 is 0 Å². The Labute approximate surface area is 102 Å². The normalized spacial score (nSPS) is 15.4. The van der Waals surface area contributed by atoms with Gasteiger partial charge in [0, 0.05) is 20.3 Å². The van der Waals surface area contributed by atoms with Gasteiger partial charge in [0.05, 0.1) is 0 Å². The summed E-state index contributed by atoms with van der Waals surface area (Å²) in [6.07, 6.45) is 5.02. The van der Waals surface area contributed by atoms with E-state index in [2.05, 4.69) is 33.0 Å². The highest BCUT2D eigenvalue weighted by atomic mass is 16.5. The fourth-order valence-corrected chi connectivity index (χ4v) is 2.21. The van der Waals surface area contributed by atoms with Crippen LogP contribution in [0.3, 0.4) is 0 Å². The zero-order chi connectivity index (χ0) is 12.4. The second-order valence-corrected chi connectivity index (χ2v) is 5.68. The van der Waals surface area contributed by atoms with Crippen LogP contribution >= 0.6 is 0 Å². The number of methoxy groups -OCH3 is 1. The van der Waals surface area contributed by atoms with E-state index < -0.39 is 0 Å². The molecule has 16 heavy (non-hydrogen) atoms. The lowest BCUT2D eigenvalue weighted by Crippen LogP contribution is -2.34. The van der Waals surface area contributed by atoms with Crippen molar-refractivity contribution in [1.29, 1.82) is 0 Å². The summed E-state index contributed by atoms with van der Waals surface area (Å²) in [5, 5.41) is 3.60. The van der Waals surface area contributed by atoms with Gasteiger partial charge in [0.1, 0.15) is 0 Å². The van der Waals surface area contributed by atoms with Gasteiger partial charge in [-0.15, -0.1) is 0 Å². The summed E-state index contributed by atoms with van der Waals surface area (Å²) in [4.78, 5) is 0. The van der Waals surface area contributed by atoms with Crippen LogP contribution in [0.25, 0.3) is 0 Å². The topological polar surface area (TPSA) is 21.3 Å². The molecule has 98 valence electrons. The van der Waals surface area contributed by atoms with Gasteiger partial charge in [-0.25, -0.2) is 0 Å². The lowest BCUT2D eigenvalue weighted by Gasteiger charge is -2.30. The van der Waals surface area contributed by atoms with Gasteiger partial charge in [-0.2, -0.15) is 0 Å². The first kappa shape index (κ1) is 15.9. The molecule has 0 aromatic heterocycles. The molecule has 1 N–H and O–H groups in total. The first-order valence-electron chi connectivity index (χ1n) is 6.73. The maximum absolute atomic E-state index is 5.14. The highest BCUT2D eigenvalue weighted by molar-refractivity contribution is 4.76. The van der Waals surface area contributed by atoms with Crippen LogP contribution in [0.1, 0.15) is 53.4 Å². The molecule has 0 radical (unpaired) electrons. The summed E-state index contributed by atoms with van der Waals surface area (Å²) >= 11 is 0. The van der Waals surface area contributed by atoms with Crippen LogP contribution in [0.2, 0.25) is 0 Å². The van der Waals surface area contributed by atoms with Gasteiger partial charge in [0.2, 0.25) is 0 Å². The van der Waals surface area contributed by atoms with Gasteiger partial charge in [-0.3, -0.25) is 0 Å². The van der Waals surface area contributed by atoms with Crippen molar-refractivity contribution in [1.82, 2.24) is 5.32 Å². The number of hydrogen-bond donors (Lipinski definition) is 1. The van der Waals surface area contributed by atoms with Crippen LogP contribution in [-0.4, -0.2) is 26.8 Å². The standard InChI is InChI=1S/C14H31NO/c1-6-8-14(4,9-7-10-16-5)12-15-11-13(2)3/h13,15H,6-12H2,1-5H3. The molecule has 1 atom stereocenters. The van der Waals surface area contributed by atoms with Gasteiger partial charge in [-0.1, -0.05) is 34.1 Å². The molecule has 2 heteroatoms. The molecular weight excluding hydrogens is 198 g/mol. The lowest BCUT2D eigenvalue weighted by molar-refractivity contribution is 0.164. The minimum Gasteiger partial charge on any atom is -0.385 e. The molecule has 0 aliphatic heterocycles. The fourth-order valence-electron chi connectivity index (χ4n) is 2.21. The molecule has 0 aliphatic rings. The Morgan fingerprint density at radius 2 is 1.94 bits per heavy atom. The minimum atomic E-state index is 0.447. The van der Waals surface area contributed by atoms with Crippen LogP contribution in [0.5, 0.6) is 0 Å². The highest BCUT2D eigenvalue weighted by Crippen LogP contribution is 2.28. The molecule has 0 amide bonds. The van der Waals surface area contributed by atoms with E-state index in [9.17, 15) is 0 Å². The Balaban J connectivity index is 3.90. The lowest BCUT2D eigenvalue weighted by atomic mass is 9.81. The summed E-state index contributed by atoms with van der Waals surface area (Å²) in [6, 6.07) is 0. The van der Waals surface area contributed by atoms with Crippen molar-refractivity contribution >= 4 is 0 Å². The van der Waals surface area contributed by atoms with E-state index in [1.165, 1.54) is 25.7 Å². The third kappa shape index (κ3) is 8.12. The molecule has 0 aromatic rings. The van der Waals surface area contributed by atoms with Crippen molar-refractivity contribution in [3.63, 3.8) is 0 Å². The molecule has 0 aliphatic carbocycles. The maximum Gasteiger partial charge on any atom is 0.0462 e. The predicted octanol–water partition coefficient (Wildman–Crippen LogP) is 3.47. The molecule has 0 fully saturated rings. The van der Waals surface area contributed by atoms with Crippen LogP contribution in [-0.2, 0) is 4.74 Å². The Kier molecular flexibility index (Phi) is 8.96. The van der Waals surface area contributed by atoms with Crippen molar-refractivity contribution in [3.05, 3.63) is 0 Å². The Morgan fingerprint density at radius 1 is 1.25 bits per heavy atom. The van der Waals surface area contributed by atoms with E-state index in [-0.39, 0.29) is 0 Å². The van der Waals surface area contributed by atoms with Crippen LogP contribution in [0, 0.1) is 11.3 Å². The molecule has 0 bridgehead atoms. The van der Waals surface area contributed by atoms with Gasteiger partial charge in [-0.05, 0) is 37.1 Å². The molecule has 0 aromatic carbocycles. The van der Waals surface area contributed by atoms with E-state index in [1.54, 1.807) is 7.11 Å². The molecule has 0 heterocycles. The Bertz CT molecular complexity index is 159. The summed E-state index contributed by atoms with van der Waals surface area (Å²) < 4.78 is 5.14. The van der Waals surface area contributed by atoms with Crippen LogP contribution in [0.15, 0.2) is 0 Å². The molecule has 1 unspecified atom stereocenters. The fraction of sp³-hybridized carbons (Fsp3) is 1.00. The van der Waals surface area contributed by atoms with Gasteiger partial charge < -0.3 is 10.1 Å². The minimum absolute atomic E-state index is 0.447. The molecule has 0 saturated carbocycles. The summed E-state index contributed by atoms with van der Waals surface area (Å²) in [5.41, 5.74) is 0.447. The molecule has 0 rings (SSSR count). The van der Waals surface area contributed by atoms with Crippen molar-refractivity contribution in [2.24, 2.45) is 11.3 Å². The smallest absolute Gasteiger partial charge is 0.0462 e. The molecule has 0 spiro atoms. The summed E-state index contributed by atoms with van der Waals surface area (Å²) in [7, 11) is 1.79. The molecule has 2 nitrogen and oxygen atoms in total. The van der Waals surface area contributed by atoms with Gasteiger partial charge in [0.15, 0.2) is 0 Å². The summed E-state index contributed by atoms with van der Waals surface area (Å²) in [6.45, 7) is 12.4. The van der Waals surface area contributed by atoms with Crippen molar-refractivity contribution < 1.29 is 4.74 Å². The number of ether oxygens (including phenoxy) is 1. The highest BCUT2D eigenvalue weighted by Gasteiger charge is 2.22. The quantitative estimate of drug-likeness (QED) is 0.579. The van der Waals surface area contributed by atoms with Crippen molar-refractivity contribution in [2.75, 3.05) is 26.8 Å². The zero-order valence-electron chi connectivity index (χ0n) is 11.9. The third-order valence-electron chi connectivity index (χ3n) is 3.09. The first-order chi connectivity index (χ1) is 7.54. The maximum atomic E-state index is 5.14. The van der Waals surface area contributed by atoms with Crippen molar-refractivity contribution in [2.45, 2.75) is 53.4 Å². The molecule has 0 saturated heterocycles. The second kappa shape index (κ2) is 9.00. The van der Waals surface area contributed by atoms with E-state index in [1.807, 2.05) is 0 Å². The zero-order valence-corrected chi connectivity index (χ0v) is 11.9. The predicted molar refractivity (Wildman–Crippen MR) is 71.8 cm³/mol. The van der Waals surface area contributed by atoms with Crippen LogP contribution < -0.4 is 5.32 Å². The first-order valence-corrected chi connectivity index (χ1v) is 6.73. The summed E-state index contributed by atoms with van der Waals surface area (Å²) in [5.74, 6) is 0.741. The number of nitrogens with one attached hydrogen (secondary N) is 1. The van der Waals surface area contributed by atoms with E-state index in [0.29, 0.717) is 5.41 Å². The third-order valence-corrected chi connectivity index (χ3v) is 3.09. The van der Waals surface area contributed by atoms with E-state index in [0.717, 1.165) is 25.6 Å². The van der Waals surface area contributed by atoms with Gasteiger partial charge in [0.25, 0.3) is 0 Å².